The number of nitrogens with zero attached hydrogens (tertiary/aromatic N) is 1. The van der Waals surface area contributed by atoms with Crippen LogP contribution in [0.15, 0.2) is 36.4 Å². The first-order chi connectivity index (χ1) is 14.5. The quantitative estimate of drug-likeness (QED) is 0.563. The first kappa shape index (κ1) is 24.8. The lowest BCUT2D eigenvalue weighted by Gasteiger charge is -2.28. The number of benzene rings is 2. The van der Waals surface area contributed by atoms with E-state index in [1.807, 2.05) is 0 Å². The molecule has 31 heavy (non-hydrogen) atoms. The Labute approximate surface area is 191 Å². The lowest BCUT2D eigenvalue weighted by atomic mass is 10.2. The van der Waals surface area contributed by atoms with Gasteiger partial charge < -0.3 is 14.8 Å². The SMILES string of the molecule is CCOC(=O)c1ccc(NC(=O)[C@H](C)N(c2ccc(OC)c(Cl)c2)S(C)(=O)=O)c(Cl)c1. The van der Waals surface area contributed by atoms with Crippen LogP contribution in [0.5, 0.6) is 5.75 Å². The number of hydrogen-bond acceptors (Lipinski definition) is 6. The second-order valence-corrected chi connectivity index (χ2v) is 9.13. The number of carbonyl (C=O) groups excluding carboxylic acids is 2. The van der Waals surface area contributed by atoms with E-state index in [2.05, 4.69) is 5.32 Å². The maximum absolute atomic E-state index is 12.8. The molecule has 0 aliphatic heterocycles. The third kappa shape index (κ3) is 6.03. The number of anilines is 2. The number of rotatable bonds is 8. The maximum atomic E-state index is 12.8. The Morgan fingerprint density at radius 2 is 1.81 bits per heavy atom. The molecule has 0 fully saturated rings. The number of amides is 1. The van der Waals surface area contributed by atoms with Crippen molar-refractivity contribution < 1.29 is 27.5 Å². The molecule has 1 N–H and O–H groups in total. The number of carbonyl (C=O) groups is 2. The highest BCUT2D eigenvalue weighted by atomic mass is 35.5. The minimum atomic E-state index is -3.85. The topological polar surface area (TPSA) is 102 Å². The zero-order chi connectivity index (χ0) is 23.3. The summed E-state index contributed by atoms with van der Waals surface area (Å²) in [6, 6.07) is 7.49. The van der Waals surface area contributed by atoms with Crippen LogP contribution in [0.3, 0.4) is 0 Å². The van der Waals surface area contributed by atoms with Gasteiger partial charge in [-0.15, -0.1) is 0 Å². The van der Waals surface area contributed by atoms with Crippen LogP contribution in [0.4, 0.5) is 11.4 Å². The van der Waals surface area contributed by atoms with Gasteiger partial charge in [0.15, 0.2) is 0 Å². The largest absolute Gasteiger partial charge is 0.495 e. The fourth-order valence-corrected chi connectivity index (χ4v) is 4.44. The summed E-state index contributed by atoms with van der Waals surface area (Å²) in [5.41, 5.74) is 0.635. The summed E-state index contributed by atoms with van der Waals surface area (Å²) in [6.45, 7) is 3.32. The number of sulfonamides is 1. The average Bonchev–Trinajstić information content (AvgIpc) is 2.68. The fraction of sp³-hybridized carbons (Fsp3) is 0.300. The molecule has 0 saturated carbocycles. The van der Waals surface area contributed by atoms with Crippen molar-refractivity contribution in [2.24, 2.45) is 0 Å². The predicted molar refractivity (Wildman–Crippen MR) is 121 cm³/mol. The highest BCUT2D eigenvalue weighted by Gasteiger charge is 2.30. The summed E-state index contributed by atoms with van der Waals surface area (Å²) in [5, 5.41) is 2.88. The van der Waals surface area contributed by atoms with Gasteiger partial charge in [0.25, 0.3) is 0 Å². The highest BCUT2D eigenvalue weighted by molar-refractivity contribution is 7.92. The molecule has 2 aromatic rings. The maximum Gasteiger partial charge on any atom is 0.338 e. The van der Waals surface area contributed by atoms with E-state index in [1.165, 1.54) is 50.4 Å². The van der Waals surface area contributed by atoms with E-state index in [-0.39, 0.29) is 33.6 Å². The first-order valence-corrected chi connectivity index (χ1v) is 11.7. The van der Waals surface area contributed by atoms with Crippen molar-refractivity contribution in [3.63, 3.8) is 0 Å². The molecular weight excluding hydrogens is 467 g/mol. The zero-order valence-corrected chi connectivity index (χ0v) is 19.6. The van der Waals surface area contributed by atoms with Crippen molar-refractivity contribution >= 4 is 56.5 Å². The van der Waals surface area contributed by atoms with Crippen LogP contribution in [-0.2, 0) is 19.6 Å². The molecule has 1 amide bonds. The van der Waals surface area contributed by atoms with Crippen LogP contribution < -0.4 is 14.4 Å². The molecule has 1 atom stereocenters. The molecule has 8 nitrogen and oxygen atoms in total. The molecule has 0 unspecified atom stereocenters. The van der Waals surface area contributed by atoms with Gasteiger partial charge in [0, 0.05) is 0 Å². The number of halogens is 2. The molecular formula is C20H22Cl2N2O6S. The molecule has 0 saturated heterocycles. The van der Waals surface area contributed by atoms with Gasteiger partial charge in [0.1, 0.15) is 11.8 Å². The predicted octanol–water partition coefficient (Wildman–Crippen LogP) is 3.97. The zero-order valence-electron chi connectivity index (χ0n) is 17.3. The number of methoxy groups -OCH3 is 1. The summed E-state index contributed by atoms with van der Waals surface area (Å²) in [6.07, 6.45) is 0.982. The summed E-state index contributed by atoms with van der Waals surface area (Å²) < 4.78 is 35.8. The number of hydrogen-bond donors (Lipinski definition) is 1. The fourth-order valence-electron chi connectivity index (χ4n) is 2.80. The van der Waals surface area contributed by atoms with Gasteiger partial charge in [0.2, 0.25) is 15.9 Å². The van der Waals surface area contributed by atoms with Crippen molar-refractivity contribution in [1.82, 2.24) is 0 Å². The van der Waals surface area contributed by atoms with Crippen molar-refractivity contribution in [3.05, 3.63) is 52.0 Å². The molecule has 0 spiro atoms. The Balaban J connectivity index is 2.30. The van der Waals surface area contributed by atoms with Crippen LogP contribution in [0, 0.1) is 0 Å². The third-order valence-electron chi connectivity index (χ3n) is 4.22. The van der Waals surface area contributed by atoms with Gasteiger partial charge in [-0.2, -0.15) is 0 Å². The van der Waals surface area contributed by atoms with E-state index in [0.717, 1.165) is 10.6 Å². The highest BCUT2D eigenvalue weighted by Crippen LogP contribution is 2.32. The van der Waals surface area contributed by atoms with Crippen LogP contribution >= 0.6 is 23.2 Å². The van der Waals surface area contributed by atoms with E-state index in [0.29, 0.717) is 5.75 Å². The Hall–Kier alpha value is -2.49. The lowest BCUT2D eigenvalue weighted by molar-refractivity contribution is -0.116. The Bertz CT molecular complexity index is 1090. The molecule has 0 aromatic heterocycles. The number of esters is 1. The minimum Gasteiger partial charge on any atom is -0.495 e. The van der Waals surface area contributed by atoms with Crippen LogP contribution in [0.25, 0.3) is 0 Å². The van der Waals surface area contributed by atoms with E-state index >= 15 is 0 Å². The van der Waals surface area contributed by atoms with E-state index in [4.69, 9.17) is 32.7 Å². The van der Waals surface area contributed by atoms with Gasteiger partial charge in [-0.25, -0.2) is 13.2 Å². The summed E-state index contributed by atoms with van der Waals surface area (Å²) in [5.74, 6) is -0.817. The van der Waals surface area contributed by atoms with Gasteiger partial charge in [-0.05, 0) is 50.2 Å². The molecule has 0 heterocycles. The van der Waals surface area contributed by atoms with Gasteiger partial charge >= 0.3 is 5.97 Å². The molecule has 0 bridgehead atoms. The normalized spacial score (nSPS) is 12.1. The van der Waals surface area contributed by atoms with Crippen molar-refractivity contribution in [2.45, 2.75) is 19.9 Å². The van der Waals surface area contributed by atoms with E-state index < -0.39 is 27.9 Å². The van der Waals surface area contributed by atoms with Crippen LogP contribution in [-0.4, -0.2) is 46.3 Å². The minimum absolute atomic E-state index is 0.101. The van der Waals surface area contributed by atoms with Crippen molar-refractivity contribution in [3.8, 4) is 5.75 Å². The molecule has 0 aliphatic rings. The van der Waals surface area contributed by atoms with Gasteiger partial charge in [0.05, 0.1) is 47.0 Å². The van der Waals surface area contributed by atoms with Gasteiger partial charge in [-0.1, -0.05) is 23.2 Å². The smallest absolute Gasteiger partial charge is 0.338 e. The Kier molecular flexibility index (Phi) is 8.16. The first-order valence-electron chi connectivity index (χ1n) is 9.10. The average molecular weight is 489 g/mol. The molecule has 2 aromatic carbocycles. The standard InChI is InChI=1S/C20H22Cl2N2O6S/c1-5-30-20(26)13-6-8-17(15(21)10-13)23-19(25)12(2)24(31(4,27)28)14-7-9-18(29-3)16(22)11-14/h6-12H,5H2,1-4H3,(H,23,25)/t12-/m0/s1. The van der Waals surface area contributed by atoms with Crippen LogP contribution in [0.1, 0.15) is 24.2 Å². The summed E-state index contributed by atoms with van der Waals surface area (Å²) >= 11 is 12.3. The van der Waals surface area contributed by atoms with E-state index in [9.17, 15) is 18.0 Å². The summed E-state index contributed by atoms with van der Waals surface area (Å²) in [4.78, 5) is 24.6. The molecule has 0 aliphatic carbocycles. The van der Waals surface area contributed by atoms with Crippen molar-refractivity contribution in [1.29, 1.82) is 0 Å². The molecule has 0 radical (unpaired) electrons. The second kappa shape index (κ2) is 10.2. The van der Waals surface area contributed by atoms with E-state index in [1.54, 1.807) is 6.92 Å². The van der Waals surface area contributed by atoms with Gasteiger partial charge in [-0.3, -0.25) is 9.10 Å². The monoisotopic (exact) mass is 488 g/mol. The second-order valence-electron chi connectivity index (χ2n) is 6.46. The lowest BCUT2D eigenvalue weighted by Crippen LogP contribution is -2.45. The number of ether oxygens (including phenoxy) is 2. The number of nitrogens with one attached hydrogen (secondary N) is 1. The Morgan fingerprint density at radius 3 is 2.32 bits per heavy atom. The summed E-state index contributed by atoms with van der Waals surface area (Å²) in [7, 11) is -2.41. The Morgan fingerprint density at radius 1 is 1.13 bits per heavy atom. The third-order valence-corrected chi connectivity index (χ3v) is 6.07. The van der Waals surface area contributed by atoms with Crippen LogP contribution in [0.2, 0.25) is 10.0 Å². The molecule has 11 heteroatoms. The molecule has 168 valence electrons. The molecule has 2 rings (SSSR count). The van der Waals surface area contributed by atoms with Crippen molar-refractivity contribution in [2.75, 3.05) is 29.6 Å².